The van der Waals surface area contributed by atoms with Crippen molar-refractivity contribution in [2.45, 2.75) is 0 Å². The zero-order valence-corrected chi connectivity index (χ0v) is 25.2. The number of nitrogens with zero attached hydrogens (tertiary/aromatic N) is 3. The fourth-order valence-corrected chi connectivity index (χ4v) is 6.92. The fourth-order valence-electron chi connectivity index (χ4n) is 6.92. The molecule has 2 heterocycles. The highest BCUT2D eigenvalue weighted by atomic mass is 16.3. The molecule has 0 bridgehead atoms. The molecule has 0 N–H and O–H groups in total. The van der Waals surface area contributed by atoms with Gasteiger partial charge in [-0.25, -0.2) is 15.0 Å². The predicted molar refractivity (Wildman–Crippen MR) is 193 cm³/mol. The number of furan rings is 1. The van der Waals surface area contributed by atoms with Crippen LogP contribution in [0.4, 0.5) is 0 Å². The molecular weight excluding hydrogens is 574 g/mol. The van der Waals surface area contributed by atoms with Crippen LogP contribution in [0.5, 0.6) is 0 Å². The van der Waals surface area contributed by atoms with Gasteiger partial charge in [0.2, 0.25) is 0 Å². The van der Waals surface area contributed by atoms with E-state index in [1.54, 1.807) is 0 Å². The maximum absolute atomic E-state index is 6.21. The fraction of sp³-hybridized carbons (Fsp3) is 0. The van der Waals surface area contributed by atoms with Gasteiger partial charge < -0.3 is 4.42 Å². The van der Waals surface area contributed by atoms with Crippen molar-refractivity contribution in [1.29, 1.82) is 0 Å². The summed E-state index contributed by atoms with van der Waals surface area (Å²) < 4.78 is 6.21. The molecule has 0 amide bonds. The van der Waals surface area contributed by atoms with Crippen LogP contribution < -0.4 is 0 Å². The van der Waals surface area contributed by atoms with Crippen molar-refractivity contribution >= 4 is 65.0 Å². The lowest BCUT2D eigenvalue weighted by atomic mass is 9.98. The Balaban J connectivity index is 1.22. The molecule has 2 aromatic heterocycles. The molecule has 0 aliphatic carbocycles. The molecule has 0 radical (unpaired) electrons. The number of hydrogen-bond donors (Lipinski definition) is 0. The predicted octanol–water partition coefficient (Wildman–Crippen LogP) is 11.4. The van der Waals surface area contributed by atoms with Crippen LogP contribution in [0.1, 0.15) is 0 Å². The molecular formula is C43H25N3O. The van der Waals surface area contributed by atoms with Gasteiger partial charge in [-0.15, -0.1) is 0 Å². The molecule has 0 spiro atoms. The van der Waals surface area contributed by atoms with E-state index < -0.39 is 0 Å². The Hall–Kier alpha value is -6.39. The molecule has 47 heavy (non-hydrogen) atoms. The van der Waals surface area contributed by atoms with E-state index in [4.69, 9.17) is 19.4 Å². The maximum atomic E-state index is 6.21. The van der Waals surface area contributed by atoms with Crippen molar-refractivity contribution in [3.63, 3.8) is 0 Å². The van der Waals surface area contributed by atoms with Gasteiger partial charge in [-0.1, -0.05) is 121 Å². The van der Waals surface area contributed by atoms with Gasteiger partial charge in [0.1, 0.15) is 11.2 Å². The third-order valence-corrected chi connectivity index (χ3v) is 9.27. The zero-order chi connectivity index (χ0) is 30.9. The van der Waals surface area contributed by atoms with Gasteiger partial charge in [0, 0.05) is 27.5 Å². The van der Waals surface area contributed by atoms with Crippen molar-refractivity contribution < 1.29 is 4.42 Å². The number of benzene rings is 8. The summed E-state index contributed by atoms with van der Waals surface area (Å²) in [6.07, 6.45) is 0. The van der Waals surface area contributed by atoms with Crippen LogP contribution in [0.2, 0.25) is 0 Å². The molecule has 0 atom stereocenters. The second-order valence-electron chi connectivity index (χ2n) is 12.1. The van der Waals surface area contributed by atoms with Gasteiger partial charge in [0.25, 0.3) is 0 Å². The topological polar surface area (TPSA) is 51.8 Å². The first-order chi connectivity index (χ1) is 23.2. The van der Waals surface area contributed by atoms with E-state index in [-0.39, 0.29) is 0 Å². The molecule has 0 fully saturated rings. The Morgan fingerprint density at radius 1 is 0.319 bits per heavy atom. The number of hydrogen-bond acceptors (Lipinski definition) is 4. The zero-order valence-electron chi connectivity index (χ0n) is 25.2. The lowest BCUT2D eigenvalue weighted by Gasteiger charge is -2.12. The van der Waals surface area contributed by atoms with Gasteiger partial charge in [0.15, 0.2) is 17.5 Å². The minimum Gasteiger partial charge on any atom is -0.456 e. The minimum atomic E-state index is 0.639. The molecule has 4 heteroatoms. The van der Waals surface area contributed by atoms with Crippen LogP contribution in [-0.2, 0) is 0 Å². The van der Waals surface area contributed by atoms with Crippen LogP contribution in [-0.4, -0.2) is 15.0 Å². The first-order valence-corrected chi connectivity index (χ1v) is 15.8. The highest BCUT2D eigenvalue weighted by Crippen LogP contribution is 2.37. The van der Waals surface area contributed by atoms with E-state index in [0.717, 1.165) is 70.9 Å². The lowest BCUT2D eigenvalue weighted by molar-refractivity contribution is 0.669. The van der Waals surface area contributed by atoms with E-state index in [1.807, 2.05) is 12.1 Å². The minimum absolute atomic E-state index is 0.639. The SMILES string of the molecule is c1ccc2cc(-c3nc(-c4ccc5ccc6cc7oc8ccccc8c7cc6c5c4)nc(-c4cccc5ccccc45)n3)ccc2c1. The summed E-state index contributed by atoms with van der Waals surface area (Å²) >= 11 is 0. The highest BCUT2D eigenvalue weighted by Gasteiger charge is 2.16. The summed E-state index contributed by atoms with van der Waals surface area (Å²) in [4.78, 5) is 15.4. The number of rotatable bonds is 3. The number of fused-ring (bicyclic) bond motifs is 8. The van der Waals surface area contributed by atoms with Crippen LogP contribution in [0.3, 0.4) is 0 Å². The Labute approximate surface area is 269 Å². The highest BCUT2D eigenvalue weighted by molar-refractivity contribution is 6.16. The molecule has 10 rings (SSSR count). The number of para-hydroxylation sites is 1. The Kier molecular flexibility index (Phi) is 5.54. The van der Waals surface area contributed by atoms with Crippen LogP contribution in [0, 0.1) is 0 Å². The normalized spacial score (nSPS) is 11.8. The molecule has 10 aromatic rings. The lowest BCUT2D eigenvalue weighted by Crippen LogP contribution is -2.00. The van der Waals surface area contributed by atoms with E-state index in [2.05, 4.69) is 140 Å². The van der Waals surface area contributed by atoms with E-state index in [9.17, 15) is 0 Å². The second kappa shape index (κ2) is 10.1. The summed E-state index contributed by atoms with van der Waals surface area (Å²) in [7, 11) is 0. The maximum Gasteiger partial charge on any atom is 0.164 e. The third kappa shape index (κ3) is 4.19. The molecule has 0 saturated heterocycles. The Bertz CT molecular complexity index is 2860. The molecule has 0 unspecified atom stereocenters. The molecule has 0 saturated carbocycles. The first-order valence-electron chi connectivity index (χ1n) is 15.8. The van der Waals surface area contributed by atoms with Crippen molar-refractivity contribution in [2.24, 2.45) is 0 Å². The quantitative estimate of drug-likeness (QED) is 0.190. The molecule has 0 aliphatic heterocycles. The summed E-state index contributed by atoms with van der Waals surface area (Å²) in [6, 6.07) is 52.9. The summed E-state index contributed by atoms with van der Waals surface area (Å²) in [5.41, 5.74) is 4.67. The van der Waals surface area contributed by atoms with E-state index in [0.29, 0.717) is 17.5 Å². The molecule has 4 nitrogen and oxygen atoms in total. The summed E-state index contributed by atoms with van der Waals surface area (Å²) in [5.74, 6) is 1.94. The van der Waals surface area contributed by atoms with Crippen molar-refractivity contribution in [3.8, 4) is 34.2 Å². The smallest absolute Gasteiger partial charge is 0.164 e. The molecule has 218 valence electrons. The summed E-state index contributed by atoms with van der Waals surface area (Å²) in [6.45, 7) is 0. The van der Waals surface area contributed by atoms with Crippen LogP contribution >= 0.6 is 0 Å². The standard InChI is InChI=1S/C43H25N3O/c1-2-10-29-22-31(20-16-26(29)8-1)41-44-42(46-43(45-41)35-14-7-11-27-9-3-4-12-33(27)35)32-21-18-28-17-19-30-24-40-38(25-37(30)36(28)23-32)34-13-5-6-15-39(34)47-40/h1-25H. The monoisotopic (exact) mass is 599 g/mol. The van der Waals surface area contributed by atoms with Crippen LogP contribution in [0.15, 0.2) is 156 Å². The average molecular weight is 600 g/mol. The largest absolute Gasteiger partial charge is 0.456 e. The Morgan fingerprint density at radius 3 is 1.79 bits per heavy atom. The van der Waals surface area contributed by atoms with Crippen molar-refractivity contribution in [1.82, 2.24) is 15.0 Å². The average Bonchev–Trinajstić information content (AvgIpc) is 3.50. The first kappa shape index (κ1) is 25.9. The van der Waals surface area contributed by atoms with E-state index >= 15 is 0 Å². The Morgan fingerprint density at radius 2 is 0.915 bits per heavy atom. The van der Waals surface area contributed by atoms with E-state index in [1.165, 1.54) is 10.8 Å². The van der Waals surface area contributed by atoms with Gasteiger partial charge in [-0.3, -0.25) is 0 Å². The second-order valence-corrected chi connectivity index (χ2v) is 12.1. The van der Waals surface area contributed by atoms with Gasteiger partial charge in [0.05, 0.1) is 0 Å². The van der Waals surface area contributed by atoms with Crippen molar-refractivity contribution in [2.75, 3.05) is 0 Å². The van der Waals surface area contributed by atoms with Gasteiger partial charge >= 0.3 is 0 Å². The van der Waals surface area contributed by atoms with Crippen molar-refractivity contribution in [3.05, 3.63) is 152 Å². The summed E-state index contributed by atoms with van der Waals surface area (Å²) in [5, 5.41) is 11.4. The third-order valence-electron chi connectivity index (χ3n) is 9.27. The molecule has 0 aliphatic rings. The van der Waals surface area contributed by atoms with Gasteiger partial charge in [-0.05, 0) is 73.4 Å². The molecule has 8 aromatic carbocycles. The van der Waals surface area contributed by atoms with Gasteiger partial charge in [-0.2, -0.15) is 0 Å². The van der Waals surface area contributed by atoms with Crippen LogP contribution in [0.25, 0.3) is 99.2 Å². The number of aromatic nitrogens is 3.